The molecule has 0 bridgehead atoms. The van der Waals surface area contributed by atoms with Crippen LogP contribution >= 0.6 is 0 Å². The van der Waals surface area contributed by atoms with Crippen LogP contribution in [0.25, 0.3) is 0 Å². The number of aliphatic hydroxyl groups is 1. The molecule has 1 heterocycles. The maximum Gasteiger partial charge on any atom is 0.0639 e. The van der Waals surface area contributed by atoms with Gasteiger partial charge in [-0.3, -0.25) is 4.90 Å². The smallest absolute Gasteiger partial charge is 0.0639 e. The van der Waals surface area contributed by atoms with Crippen LogP contribution in [0.3, 0.4) is 0 Å². The predicted molar refractivity (Wildman–Crippen MR) is 54.8 cm³/mol. The summed E-state index contributed by atoms with van der Waals surface area (Å²) in [5.74, 6) is 0. The van der Waals surface area contributed by atoms with E-state index in [9.17, 15) is 5.11 Å². The molecular formula is C10H22N2O. The number of β-amino-alcohol motifs (C(OH)–C–C–N with tert-alkyl or cyclic N) is 1. The second kappa shape index (κ2) is 4.94. The van der Waals surface area contributed by atoms with Crippen LogP contribution in [0.4, 0.5) is 0 Å². The van der Waals surface area contributed by atoms with E-state index in [0.717, 1.165) is 19.6 Å². The Hall–Kier alpha value is -0.120. The Morgan fingerprint density at radius 3 is 2.77 bits per heavy atom. The molecule has 3 nitrogen and oxygen atoms in total. The van der Waals surface area contributed by atoms with Crippen molar-refractivity contribution in [2.24, 2.45) is 0 Å². The molecule has 0 radical (unpaired) electrons. The van der Waals surface area contributed by atoms with E-state index in [0.29, 0.717) is 6.04 Å². The first-order valence-corrected chi connectivity index (χ1v) is 5.16. The number of likely N-dealkylation sites (tertiary alicyclic amines) is 1. The number of hydrogen-bond acceptors (Lipinski definition) is 3. The van der Waals surface area contributed by atoms with Crippen molar-refractivity contribution >= 4 is 0 Å². The lowest BCUT2D eigenvalue weighted by Gasteiger charge is -2.27. The topological polar surface area (TPSA) is 26.7 Å². The molecule has 0 aliphatic carbocycles. The van der Waals surface area contributed by atoms with Gasteiger partial charge in [0.1, 0.15) is 0 Å². The second-order valence-electron chi connectivity index (χ2n) is 4.40. The highest BCUT2D eigenvalue weighted by Gasteiger charge is 2.25. The predicted octanol–water partition coefficient (Wildman–Crippen LogP) is 0.393. The van der Waals surface area contributed by atoms with Gasteiger partial charge < -0.3 is 10.0 Å². The van der Waals surface area contributed by atoms with Gasteiger partial charge in [-0.2, -0.15) is 0 Å². The minimum atomic E-state index is -0.192. The third-order valence-electron chi connectivity index (χ3n) is 2.57. The Kier molecular flexibility index (Phi) is 4.16. The molecule has 0 amide bonds. The number of hydrogen-bond donors (Lipinski definition) is 1. The van der Waals surface area contributed by atoms with Gasteiger partial charge in [-0.05, 0) is 40.4 Å². The molecule has 78 valence electrons. The zero-order chi connectivity index (χ0) is 9.84. The first-order valence-electron chi connectivity index (χ1n) is 5.16. The van der Waals surface area contributed by atoms with Crippen LogP contribution in [0.15, 0.2) is 0 Å². The number of nitrogens with zero attached hydrogens (tertiary/aromatic N) is 2. The maximum atomic E-state index is 9.31. The summed E-state index contributed by atoms with van der Waals surface area (Å²) in [5.41, 5.74) is 0. The molecular weight excluding hydrogens is 164 g/mol. The maximum absolute atomic E-state index is 9.31. The lowest BCUT2D eigenvalue weighted by Crippen LogP contribution is -2.40. The first kappa shape index (κ1) is 11.0. The largest absolute Gasteiger partial charge is 0.392 e. The Morgan fingerprint density at radius 1 is 1.54 bits per heavy atom. The highest BCUT2D eigenvalue weighted by Crippen LogP contribution is 2.17. The van der Waals surface area contributed by atoms with E-state index in [4.69, 9.17) is 0 Å². The second-order valence-corrected chi connectivity index (χ2v) is 4.40. The van der Waals surface area contributed by atoms with E-state index in [2.05, 4.69) is 23.9 Å². The Morgan fingerprint density at radius 2 is 2.23 bits per heavy atom. The van der Waals surface area contributed by atoms with Crippen LogP contribution in [0.1, 0.15) is 19.8 Å². The quantitative estimate of drug-likeness (QED) is 0.688. The molecule has 1 rings (SSSR count). The molecule has 13 heavy (non-hydrogen) atoms. The first-order chi connectivity index (χ1) is 6.09. The highest BCUT2D eigenvalue weighted by atomic mass is 16.3. The average molecular weight is 186 g/mol. The molecule has 0 saturated carbocycles. The summed E-state index contributed by atoms with van der Waals surface area (Å²) in [6.07, 6.45) is 2.37. The molecule has 1 unspecified atom stereocenters. The van der Waals surface area contributed by atoms with E-state index >= 15 is 0 Å². The summed E-state index contributed by atoms with van der Waals surface area (Å²) in [5, 5.41) is 9.31. The molecule has 3 heteroatoms. The van der Waals surface area contributed by atoms with Crippen molar-refractivity contribution in [1.82, 2.24) is 9.80 Å². The van der Waals surface area contributed by atoms with Gasteiger partial charge in [-0.15, -0.1) is 0 Å². The molecule has 1 aliphatic heterocycles. The van der Waals surface area contributed by atoms with Gasteiger partial charge in [-0.25, -0.2) is 0 Å². The van der Waals surface area contributed by atoms with Crippen LogP contribution in [0.5, 0.6) is 0 Å². The van der Waals surface area contributed by atoms with Gasteiger partial charge in [0, 0.05) is 19.1 Å². The van der Waals surface area contributed by atoms with Gasteiger partial charge in [0.05, 0.1) is 6.10 Å². The number of likely N-dealkylation sites (N-methyl/N-ethyl adjacent to an activating group) is 1. The van der Waals surface area contributed by atoms with Crippen LogP contribution in [-0.2, 0) is 0 Å². The van der Waals surface area contributed by atoms with E-state index in [1.807, 2.05) is 6.92 Å². The lowest BCUT2D eigenvalue weighted by atomic mass is 10.2. The van der Waals surface area contributed by atoms with Gasteiger partial charge in [-0.1, -0.05) is 0 Å². The van der Waals surface area contributed by atoms with E-state index in [1.165, 1.54) is 12.8 Å². The van der Waals surface area contributed by atoms with Crippen LogP contribution < -0.4 is 0 Å². The van der Waals surface area contributed by atoms with Crippen molar-refractivity contribution in [3.8, 4) is 0 Å². The number of rotatable bonds is 4. The van der Waals surface area contributed by atoms with Crippen molar-refractivity contribution < 1.29 is 5.11 Å². The third kappa shape index (κ3) is 3.63. The monoisotopic (exact) mass is 186 g/mol. The van der Waals surface area contributed by atoms with E-state index < -0.39 is 0 Å². The molecule has 0 spiro atoms. The SMILES string of the molecule is C[C@H](O)CN1CCCC1CN(C)C. The molecule has 2 atom stereocenters. The standard InChI is InChI=1S/C10H22N2O/c1-9(13)7-12-6-4-5-10(12)8-11(2)3/h9-10,13H,4-8H2,1-3H3/t9-,10?/m0/s1. The minimum Gasteiger partial charge on any atom is -0.392 e. The fraction of sp³-hybridized carbons (Fsp3) is 1.00. The van der Waals surface area contributed by atoms with Crippen molar-refractivity contribution in [1.29, 1.82) is 0 Å². The normalized spacial score (nSPS) is 27.0. The molecule has 0 aromatic rings. The van der Waals surface area contributed by atoms with Gasteiger partial charge in [0.15, 0.2) is 0 Å². The molecule has 0 aromatic heterocycles. The van der Waals surface area contributed by atoms with Gasteiger partial charge in [0.25, 0.3) is 0 Å². The summed E-state index contributed by atoms with van der Waals surface area (Å²) in [4.78, 5) is 4.63. The molecule has 0 aromatic carbocycles. The Bertz CT molecular complexity index is 132. The van der Waals surface area contributed by atoms with Gasteiger partial charge >= 0.3 is 0 Å². The Balaban J connectivity index is 2.35. The summed E-state index contributed by atoms with van der Waals surface area (Å²) < 4.78 is 0. The summed E-state index contributed by atoms with van der Waals surface area (Å²) >= 11 is 0. The van der Waals surface area contributed by atoms with Crippen molar-refractivity contribution in [3.63, 3.8) is 0 Å². The van der Waals surface area contributed by atoms with E-state index in [1.54, 1.807) is 0 Å². The fourth-order valence-corrected chi connectivity index (χ4v) is 2.10. The van der Waals surface area contributed by atoms with Crippen LogP contribution in [-0.4, -0.2) is 60.8 Å². The van der Waals surface area contributed by atoms with Crippen molar-refractivity contribution in [2.75, 3.05) is 33.7 Å². The molecule has 1 N–H and O–H groups in total. The zero-order valence-electron chi connectivity index (χ0n) is 9.03. The average Bonchev–Trinajstić information content (AvgIpc) is 2.34. The van der Waals surface area contributed by atoms with Crippen LogP contribution in [0, 0.1) is 0 Å². The summed E-state index contributed by atoms with van der Waals surface area (Å²) in [6, 6.07) is 0.657. The van der Waals surface area contributed by atoms with Crippen LogP contribution in [0.2, 0.25) is 0 Å². The minimum absolute atomic E-state index is 0.192. The lowest BCUT2D eigenvalue weighted by molar-refractivity contribution is 0.110. The fourth-order valence-electron chi connectivity index (χ4n) is 2.10. The molecule has 1 fully saturated rings. The van der Waals surface area contributed by atoms with Crippen molar-refractivity contribution in [2.45, 2.75) is 31.9 Å². The third-order valence-corrected chi connectivity index (χ3v) is 2.57. The molecule has 1 saturated heterocycles. The highest BCUT2D eigenvalue weighted by molar-refractivity contribution is 4.81. The van der Waals surface area contributed by atoms with Gasteiger partial charge in [0.2, 0.25) is 0 Å². The summed E-state index contributed by atoms with van der Waals surface area (Å²) in [7, 11) is 4.22. The van der Waals surface area contributed by atoms with Crippen molar-refractivity contribution in [3.05, 3.63) is 0 Å². The zero-order valence-corrected chi connectivity index (χ0v) is 9.03. The summed E-state index contributed by atoms with van der Waals surface area (Å²) in [6.45, 7) is 4.97. The Labute approximate surface area is 81.3 Å². The molecule has 1 aliphatic rings. The van der Waals surface area contributed by atoms with E-state index in [-0.39, 0.29) is 6.10 Å². The number of aliphatic hydroxyl groups excluding tert-OH is 1.